The maximum absolute atomic E-state index is 12.2. The Morgan fingerprint density at radius 2 is 1.88 bits per heavy atom. The van der Waals surface area contributed by atoms with Crippen LogP contribution in [0.5, 0.6) is 0 Å². The van der Waals surface area contributed by atoms with Crippen molar-refractivity contribution in [3.63, 3.8) is 0 Å². The van der Waals surface area contributed by atoms with Crippen molar-refractivity contribution in [3.8, 4) is 0 Å². The van der Waals surface area contributed by atoms with Crippen molar-refractivity contribution in [1.82, 2.24) is 4.90 Å². The molecule has 1 saturated heterocycles. The quantitative estimate of drug-likeness (QED) is 0.457. The summed E-state index contributed by atoms with van der Waals surface area (Å²) < 4.78 is 5.27. The van der Waals surface area contributed by atoms with E-state index in [0.717, 1.165) is 37.9 Å². The normalized spacial score (nSPS) is 16.8. The fraction of sp³-hybridized carbons (Fsp3) is 0.600. The van der Waals surface area contributed by atoms with Gasteiger partial charge in [-0.2, -0.15) is 0 Å². The molecule has 1 aromatic carbocycles. The minimum atomic E-state index is -0.318. The van der Waals surface area contributed by atoms with Gasteiger partial charge in [0.25, 0.3) is 0 Å². The third kappa shape index (κ3) is 5.40. The first kappa shape index (κ1) is 20.6. The molecule has 5 nitrogen and oxygen atoms in total. The Bertz CT molecular complexity index is 587. The van der Waals surface area contributed by atoms with E-state index in [1.165, 1.54) is 5.69 Å². The molecule has 0 aliphatic carbocycles. The van der Waals surface area contributed by atoms with Crippen molar-refractivity contribution in [3.05, 3.63) is 29.8 Å². The molecule has 144 valence electrons. The van der Waals surface area contributed by atoms with Crippen LogP contribution in [0.25, 0.3) is 0 Å². The van der Waals surface area contributed by atoms with Crippen LogP contribution in [-0.2, 0) is 14.3 Å². The largest absolute Gasteiger partial charge is 0.464 e. The van der Waals surface area contributed by atoms with Crippen molar-refractivity contribution in [2.45, 2.75) is 45.4 Å². The second-order valence-electron chi connectivity index (χ2n) is 6.38. The Kier molecular flexibility index (Phi) is 8.29. The van der Waals surface area contributed by atoms with E-state index in [2.05, 4.69) is 49.9 Å². The van der Waals surface area contributed by atoms with E-state index in [1.807, 2.05) is 0 Å². The predicted molar refractivity (Wildman–Crippen MR) is 107 cm³/mol. The summed E-state index contributed by atoms with van der Waals surface area (Å²) in [5, 5.41) is -0.114. The van der Waals surface area contributed by atoms with Crippen LogP contribution in [0.3, 0.4) is 0 Å². The number of hydrogen-bond acceptors (Lipinski definition) is 5. The maximum atomic E-state index is 12.2. The third-order valence-electron chi connectivity index (χ3n) is 4.59. The zero-order chi connectivity index (χ0) is 18.9. The average molecular weight is 379 g/mol. The second kappa shape index (κ2) is 10.5. The Labute approximate surface area is 161 Å². The van der Waals surface area contributed by atoms with Gasteiger partial charge in [0.05, 0.1) is 12.4 Å². The Morgan fingerprint density at radius 1 is 1.19 bits per heavy atom. The number of amides is 1. The molecule has 0 radical (unpaired) electrons. The summed E-state index contributed by atoms with van der Waals surface area (Å²) in [4.78, 5) is 28.2. The molecular weight excluding hydrogens is 348 g/mol. The number of benzene rings is 1. The van der Waals surface area contributed by atoms with Crippen LogP contribution < -0.4 is 4.90 Å². The lowest BCUT2D eigenvalue weighted by molar-refractivity contribution is -0.148. The molecule has 1 aromatic rings. The van der Waals surface area contributed by atoms with Gasteiger partial charge in [-0.1, -0.05) is 31.9 Å². The molecule has 1 unspecified atom stereocenters. The van der Waals surface area contributed by atoms with Crippen LogP contribution >= 0.6 is 11.8 Å². The van der Waals surface area contributed by atoms with Crippen molar-refractivity contribution in [2.75, 3.05) is 36.9 Å². The topological polar surface area (TPSA) is 49.9 Å². The summed E-state index contributed by atoms with van der Waals surface area (Å²) in [5.41, 5.74) is 2.23. The molecule has 26 heavy (non-hydrogen) atoms. The first-order chi connectivity index (χ1) is 12.6. The van der Waals surface area contributed by atoms with Crippen LogP contribution in [0, 0.1) is 0 Å². The van der Waals surface area contributed by atoms with Crippen LogP contribution in [0.1, 0.15) is 51.0 Å². The number of carbonyl (C=O) groups is 2. The molecule has 1 aliphatic rings. The smallest absolute Gasteiger partial charge is 0.325 e. The highest BCUT2D eigenvalue weighted by atomic mass is 32.2. The molecule has 0 N–H and O–H groups in total. The Balaban J connectivity index is 1.99. The van der Waals surface area contributed by atoms with Crippen molar-refractivity contribution in [2.24, 2.45) is 0 Å². The van der Waals surface area contributed by atoms with Crippen LogP contribution in [0.4, 0.5) is 5.69 Å². The number of hydrogen-bond donors (Lipinski definition) is 0. The summed E-state index contributed by atoms with van der Waals surface area (Å²) in [7, 11) is 0. The molecule has 1 heterocycles. The lowest BCUT2D eigenvalue weighted by atomic mass is 10.1. The summed E-state index contributed by atoms with van der Waals surface area (Å²) in [5.74, 6) is 0.0889. The van der Waals surface area contributed by atoms with E-state index in [9.17, 15) is 9.59 Å². The van der Waals surface area contributed by atoms with Crippen molar-refractivity contribution >= 4 is 29.3 Å². The fourth-order valence-corrected chi connectivity index (χ4v) is 4.25. The number of thioether (sulfide) groups is 1. The van der Waals surface area contributed by atoms with Gasteiger partial charge in [0, 0.05) is 18.8 Å². The number of anilines is 1. The highest BCUT2D eigenvalue weighted by Crippen LogP contribution is 2.38. The van der Waals surface area contributed by atoms with E-state index >= 15 is 0 Å². The molecule has 0 aromatic heterocycles. The number of carbonyl (C=O) groups excluding carboxylic acids is 2. The molecule has 1 fully saturated rings. The summed E-state index contributed by atoms with van der Waals surface area (Å²) in [6.07, 6.45) is 3.01. The summed E-state index contributed by atoms with van der Waals surface area (Å²) in [6.45, 7) is 8.77. The Hall–Kier alpha value is -1.69. The van der Waals surface area contributed by atoms with E-state index in [0.29, 0.717) is 12.4 Å². The van der Waals surface area contributed by atoms with E-state index in [4.69, 9.17) is 4.74 Å². The van der Waals surface area contributed by atoms with Gasteiger partial charge in [-0.05, 0) is 38.0 Å². The molecule has 2 rings (SSSR count). The molecule has 0 saturated carbocycles. The van der Waals surface area contributed by atoms with Crippen LogP contribution in [0.15, 0.2) is 24.3 Å². The Morgan fingerprint density at radius 3 is 2.50 bits per heavy atom. The minimum absolute atomic E-state index is 0.00155. The molecule has 1 aliphatic heterocycles. The summed E-state index contributed by atoms with van der Waals surface area (Å²) >= 11 is 1.57. The second-order valence-corrected chi connectivity index (χ2v) is 7.44. The number of rotatable bonds is 10. The molecule has 6 heteroatoms. The molecule has 0 spiro atoms. The number of unbranched alkanes of at least 4 members (excludes halogenated alkanes) is 2. The van der Waals surface area contributed by atoms with E-state index in [-0.39, 0.29) is 23.8 Å². The van der Waals surface area contributed by atoms with E-state index < -0.39 is 0 Å². The molecule has 1 atom stereocenters. The molecule has 0 bridgehead atoms. The first-order valence-electron chi connectivity index (χ1n) is 9.52. The van der Waals surface area contributed by atoms with Gasteiger partial charge in [0.1, 0.15) is 11.9 Å². The lowest BCUT2D eigenvalue weighted by Gasteiger charge is -2.25. The number of esters is 1. The standard InChI is InChI=1S/C20H30N2O3S/c1-4-7-8-13-25-19(24)14-22-18(23)15-26-20(22)16-9-11-17(12-10-16)21(5-2)6-3/h9-12,20H,4-8,13-15H2,1-3H3. The number of nitrogens with zero attached hydrogens (tertiary/aromatic N) is 2. The van der Waals surface area contributed by atoms with Crippen molar-refractivity contribution < 1.29 is 14.3 Å². The number of ether oxygens (including phenoxy) is 1. The monoisotopic (exact) mass is 378 g/mol. The van der Waals surface area contributed by atoms with Gasteiger partial charge in [0.15, 0.2) is 0 Å². The third-order valence-corrected chi connectivity index (χ3v) is 5.84. The van der Waals surface area contributed by atoms with Gasteiger partial charge >= 0.3 is 5.97 Å². The van der Waals surface area contributed by atoms with Gasteiger partial charge < -0.3 is 14.5 Å². The van der Waals surface area contributed by atoms with Gasteiger partial charge in [0.2, 0.25) is 5.91 Å². The first-order valence-corrected chi connectivity index (χ1v) is 10.6. The van der Waals surface area contributed by atoms with Gasteiger partial charge in [-0.25, -0.2) is 0 Å². The molecular formula is C20H30N2O3S. The van der Waals surface area contributed by atoms with Crippen LogP contribution in [0.2, 0.25) is 0 Å². The lowest BCUT2D eigenvalue weighted by Crippen LogP contribution is -2.34. The van der Waals surface area contributed by atoms with Crippen molar-refractivity contribution in [1.29, 1.82) is 0 Å². The average Bonchev–Trinajstić information content (AvgIpc) is 3.01. The van der Waals surface area contributed by atoms with Gasteiger partial charge in [-0.15, -0.1) is 11.8 Å². The zero-order valence-electron chi connectivity index (χ0n) is 16.1. The maximum Gasteiger partial charge on any atom is 0.325 e. The summed E-state index contributed by atoms with van der Waals surface area (Å²) in [6, 6.07) is 8.30. The highest BCUT2D eigenvalue weighted by molar-refractivity contribution is 8.00. The minimum Gasteiger partial charge on any atom is -0.464 e. The fourth-order valence-electron chi connectivity index (χ4n) is 3.06. The SMILES string of the molecule is CCCCCOC(=O)CN1C(=O)CSC1c1ccc(N(CC)CC)cc1. The predicted octanol–water partition coefficient (Wildman–Crippen LogP) is 3.84. The zero-order valence-corrected chi connectivity index (χ0v) is 16.9. The van der Waals surface area contributed by atoms with Crippen LogP contribution in [-0.4, -0.2) is 48.8 Å². The highest BCUT2D eigenvalue weighted by Gasteiger charge is 2.34. The van der Waals surface area contributed by atoms with Gasteiger partial charge in [-0.3, -0.25) is 9.59 Å². The van der Waals surface area contributed by atoms with E-state index in [1.54, 1.807) is 16.7 Å². The molecule has 1 amide bonds.